The minimum Gasteiger partial charge on any atom is -0.507 e. The molecular weight excluding hydrogens is 330 g/mol. The number of aromatic amines is 1. The molecule has 0 amide bonds. The van der Waals surface area contributed by atoms with Crippen molar-refractivity contribution >= 4 is 17.8 Å². The van der Waals surface area contributed by atoms with E-state index in [1.165, 1.54) is 6.08 Å². The molecule has 1 aliphatic carbocycles. The van der Waals surface area contributed by atoms with E-state index in [1.54, 1.807) is 10.6 Å². The zero-order valence-electron chi connectivity index (χ0n) is 12.6. The van der Waals surface area contributed by atoms with Crippen molar-refractivity contribution < 1.29 is 19.7 Å². The van der Waals surface area contributed by atoms with Crippen LogP contribution in [0.25, 0.3) is 11.3 Å². The number of aliphatic hydroxyl groups excluding tert-OH is 2. The van der Waals surface area contributed by atoms with Crippen molar-refractivity contribution in [3.63, 3.8) is 0 Å². The fraction of sp³-hybridized carbons (Fsp3) is 0.250. The number of fused-ring (bicyclic) bond motifs is 1. The van der Waals surface area contributed by atoms with Crippen LogP contribution in [0, 0.1) is 4.77 Å². The molecule has 1 unspecified atom stereocenters. The third-order valence-electron chi connectivity index (χ3n) is 3.89. The minimum absolute atomic E-state index is 0.0361. The molecule has 3 N–H and O–H groups in total. The lowest BCUT2D eigenvalue weighted by Crippen LogP contribution is -2.17. The predicted octanol–water partition coefficient (Wildman–Crippen LogP) is 2.29. The maximum Gasteiger partial charge on any atom is 0.200 e. The molecule has 0 saturated carbocycles. The molecule has 2 heterocycles. The number of allylic oxidation sites excluding steroid dienone is 1. The average molecular weight is 345 g/mol. The molecule has 0 radical (unpaired) electrons. The maximum atomic E-state index is 10.2. The first-order chi connectivity index (χ1) is 11.6. The molecule has 0 saturated heterocycles. The number of para-hydroxylation sites is 1. The van der Waals surface area contributed by atoms with E-state index in [0.717, 1.165) is 0 Å². The molecule has 8 heteroatoms. The van der Waals surface area contributed by atoms with Gasteiger partial charge >= 0.3 is 0 Å². The number of nitrogens with one attached hydrogen (secondary N) is 1. The van der Waals surface area contributed by atoms with Crippen molar-refractivity contribution in [3.8, 4) is 17.2 Å². The minimum atomic E-state index is -0.703. The van der Waals surface area contributed by atoms with Gasteiger partial charge in [0.15, 0.2) is 22.1 Å². The molecule has 7 nitrogen and oxygen atoms in total. The number of ether oxygens (including phenoxy) is 2. The fourth-order valence-electron chi connectivity index (χ4n) is 2.82. The molecule has 24 heavy (non-hydrogen) atoms. The normalized spacial score (nSPS) is 19.6. The Morgan fingerprint density at radius 3 is 2.96 bits per heavy atom. The Morgan fingerprint density at radius 2 is 2.12 bits per heavy atom. The number of hydrogen-bond donors (Lipinski definition) is 3. The molecular formula is C16H15N3O4S. The second-order valence-corrected chi connectivity index (χ2v) is 5.85. The van der Waals surface area contributed by atoms with Gasteiger partial charge in [0.2, 0.25) is 0 Å². The quantitative estimate of drug-likeness (QED) is 0.723. The molecule has 1 aromatic carbocycles. The maximum absolute atomic E-state index is 10.2. The Morgan fingerprint density at radius 1 is 1.29 bits per heavy atom. The van der Waals surface area contributed by atoms with Gasteiger partial charge in [0.1, 0.15) is 19.0 Å². The van der Waals surface area contributed by atoms with E-state index in [2.05, 4.69) is 10.2 Å². The van der Waals surface area contributed by atoms with Crippen LogP contribution in [-0.4, -0.2) is 44.3 Å². The van der Waals surface area contributed by atoms with Gasteiger partial charge in [0.25, 0.3) is 0 Å². The van der Waals surface area contributed by atoms with Gasteiger partial charge in [-0.2, -0.15) is 5.10 Å². The van der Waals surface area contributed by atoms with Crippen LogP contribution in [-0.2, 0) is 0 Å². The largest absolute Gasteiger partial charge is 0.507 e. The lowest BCUT2D eigenvalue weighted by Gasteiger charge is -2.22. The van der Waals surface area contributed by atoms with Gasteiger partial charge in [-0.05, 0) is 36.8 Å². The molecule has 4 rings (SSSR count). The molecule has 124 valence electrons. The van der Waals surface area contributed by atoms with Crippen LogP contribution in [0.1, 0.15) is 12.2 Å². The topological polar surface area (TPSA) is 92.5 Å². The van der Waals surface area contributed by atoms with Crippen LogP contribution >= 0.6 is 12.2 Å². The molecule has 0 fully saturated rings. The number of nitrogens with zero attached hydrogens (tertiary/aromatic N) is 2. The highest BCUT2D eigenvalue weighted by Gasteiger charge is 2.24. The standard InChI is InChI=1S/C16H15N3O4S/c20-9-4-5-10(12(21)8-9)15-17-18-16(24)19(15)11-2-1-3-13-14(11)23-7-6-22-13/h1-3,5,8-9,20-21H,4,6-7H2,(H,18,24). The number of aromatic nitrogens is 3. The van der Waals surface area contributed by atoms with Crippen molar-refractivity contribution in [2.75, 3.05) is 13.2 Å². The smallest absolute Gasteiger partial charge is 0.200 e. The Labute approximate surface area is 142 Å². The van der Waals surface area contributed by atoms with E-state index in [1.807, 2.05) is 18.2 Å². The van der Waals surface area contributed by atoms with Gasteiger partial charge in [0.05, 0.1) is 17.4 Å². The van der Waals surface area contributed by atoms with Crippen LogP contribution < -0.4 is 9.47 Å². The van der Waals surface area contributed by atoms with Crippen molar-refractivity contribution in [2.24, 2.45) is 0 Å². The Bertz CT molecular complexity index is 912. The van der Waals surface area contributed by atoms with Crippen molar-refractivity contribution in [1.82, 2.24) is 14.8 Å². The zero-order chi connectivity index (χ0) is 16.7. The third-order valence-corrected chi connectivity index (χ3v) is 4.16. The molecule has 2 aromatic rings. The first-order valence-corrected chi connectivity index (χ1v) is 7.92. The van der Waals surface area contributed by atoms with Gasteiger partial charge in [-0.15, -0.1) is 0 Å². The highest BCUT2D eigenvalue weighted by atomic mass is 32.1. The summed E-state index contributed by atoms with van der Waals surface area (Å²) in [4.78, 5) is 0. The Balaban J connectivity index is 1.89. The highest BCUT2D eigenvalue weighted by molar-refractivity contribution is 7.71. The molecule has 1 aliphatic heterocycles. The SMILES string of the molecule is OC1=CC(O)CC=C1c1n[nH]c(=S)n1-c1cccc2c1OCCO2. The fourth-order valence-corrected chi connectivity index (χ4v) is 3.06. The summed E-state index contributed by atoms with van der Waals surface area (Å²) in [5, 5.41) is 26.8. The van der Waals surface area contributed by atoms with Gasteiger partial charge in [-0.25, -0.2) is 0 Å². The van der Waals surface area contributed by atoms with E-state index < -0.39 is 6.10 Å². The summed E-state index contributed by atoms with van der Waals surface area (Å²) in [5.41, 5.74) is 1.18. The van der Waals surface area contributed by atoms with Crippen LogP contribution in [0.4, 0.5) is 0 Å². The highest BCUT2D eigenvalue weighted by Crippen LogP contribution is 2.38. The second-order valence-electron chi connectivity index (χ2n) is 5.46. The van der Waals surface area contributed by atoms with Crippen LogP contribution in [0.2, 0.25) is 0 Å². The lowest BCUT2D eigenvalue weighted by atomic mass is 10.0. The molecule has 0 spiro atoms. The third kappa shape index (κ3) is 2.40. The average Bonchev–Trinajstić information content (AvgIpc) is 2.95. The summed E-state index contributed by atoms with van der Waals surface area (Å²) in [7, 11) is 0. The van der Waals surface area contributed by atoms with Gasteiger partial charge < -0.3 is 19.7 Å². The summed E-state index contributed by atoms with van der Waals surface area (Å²) in [6, 6.07) is 5.52. The van der Waals surface area contributed by atoms with Crippen LogP contribution in [0.5, 0.6) is 11.5 Å². The first kappa shape index (κ1) is 15.0. The summed E-state index contributed by atoms with van der Waals surface area (Å²) in [5.74, 6) is 1.64. The summed E-state index contributed by atoms with van der Waals surface area (Å²) in [6.07, 6.45) is 2.81. The predicted molar refractivity (Wildman–Crippen MR) is 89.1 cm³/mol. The zero-order valence-corrected chi connectivity index (χ0v) is 13.4. The lowest BCUT2D eigenvalue weighted by molar-refractivity contribution is 0.171. The van der Waals surface area contributed by atoms with Crippen LogP contribution in [0.15, 0.2) is 36.1 Å². The van der Waals surface area contributed by atoms with E-state index >= 15 is 0 Å². The Hall–Kier alpha value is -2.58. The number of rotatable bonds is 2. The second kappa shape index (κ2) is 5.81. The van der Waals surface area contributed by atoms with Crippen molar-refractivity contribution in [2.45, 2.75) is 12.5 Å². The van der Waals surface area contributed by atoms with Crippen molar-refractivity contribution in [3.05, 3.63) is 46.7 Å². The van der Waals surface area contributed by atoms with Gasteiger partial charge in [0, 0.05) is 0 Å². The van der Waals surface area contributed by atoms with E-state index in [0.29, 0.717) is 53.0 Å². The Kier molecular flexibility index (Phi) is 3.62. The van der Waals surface area contributed by atoms with Crippen LogP contribution in [0.3, 0.4) is 0 Å². The van der Waals surface area contributed by atoms with Crippen molar-refractivity contribution in [1.29, 1.82) is 0 Å². The number of aliphatic hydroxyl groups is 2. The summed E-state index contributed by atoms with van der Waals surface area (Å²) < 4.78 is 13.4. The van der Waals surface area contributed by atoms with E-state index in [-0.39, 0.29) is 5.76 Å². The first-order valence-electron chi connectivity index (χ1n) is 7.51. The van der Waals surface area contributed by atoms with E-state index in [4.69, 9.17) is 21.7 Å². The number of benzene rings is 1. The molecule has 1 aromatic heterocycles. The van der Waals surface area contributed by atoms with Gasteiger partial charge in [-0.3, -0.25) is 9.67 Å². The molecule has 1 atom stereocenters. The number of H-pyrrole nitrogens is 1. The molecule has 0 bridgehead atoms. The summed E-state index contributed by atoms with van der Waals surface area (Å²) >= 11 is 5.36. The van der Waals surface area contributed by atoms with Gasteiger partial charge in [-0.1, -0.05) is 12.1 Å². The van der Waals surface area contributed by atoms with E-state index in [9.17, 15) is 10.2 Å². The molecule has 2 aliphatic rings. The summed E-state index contributed by atoms with van der Waals surface area (Å²) in [6.45, 7) is 0.942. The number of hydrogen-bond acceptors (Lipinski definition) is 6. The monoisotopic (exact) mass is 345 g/mol.